The lowest BCUT2D eigenvalue weighted by molar-refractivity contribution is 0.236. The third-order valence-corrected chi connectivity index (χ3v) is 5.55. The van der Waals surface area contributed by atoms with Gasteiger partial charge in [-0.15, -0.1) is 0 Å². The highest BCUT2D eigenvalue weighted by Gasteiger charge is 2.34. The molecule has 17 heavy (non-hydrogen) atoms. The van der Waals surface area contributed by atoms with E-state index in [1.807, 2.05) is 0 Å². The summed E-state index contributed by atoms with van der Waals surface area (Å²) >= 11 is 6.38. The van der Waals surface area contributed by atoms with Gasteiger partial charge in [0.2, 0.25) is 0 Å². The van der Waals surface area contributed by atoms with Crippen molar-refractivity contribution in [2.45, 2.75) is 4.90 Å². The number of halogens is 2. The highest BCUT2D eigenvalue weighted by Crippen LogP contribution is 2.28. The van der Waals surface area contributed by atoms with Crippen molar-refractivity contribution in [1.82, 2.24) is 9.62 Å². The van der Waals surface area contributed by atoms with Crippen LogP contribution in [-0.2, 0) is 10.0 Å². The summed E-state index contributed by atoms with van der Waals surface area (Å²) in [4.78, 5) is 11.5. The smallest absolute Gasteiger partial charge is 0.331 e. The third kappa shape index (κ3) is 2.34. The van der Waals surface area contributed by atoms with Crippen molar-refractivity contribution < 1.29 is 13.2 Å². The molecule has 2 rings (SSSR count). The van der Waals surface area contributed by atoms with Crippen LogP contribution in [0.5, 0.6) is 0 Å². The van der Waals surface area contributed by atoms with E-state index < -0.39 is 16.1 Å². The molecular formula is C9H8Br2N2O3S. The molecule has 92 valence electrons. The van der Waals surface area contributed by atoms with E-state index in [-0.39, 0.29) is 11.4 Å². The van der Waals surface area contributed by atoms with Crippen LogP contribution < -0.4 is 5.32 Å². The Bertz CT molecular complexity index is 574. The number of urea groups is 1. The molecule has 0 aliphatic carbocycles. The zero-order valence-electron chi connectivity index (χ0n) is 8.48. The van der Waals surface area contributed by atoms with Crippen LogP contribution in [0.25, 0.3) is 0 Å². The third-order valence-electron chi connectivity index (χ3n) is 2.28. The number of amides is 2. The molecule has 5 nitrogen and oxygen atoms in total. The monoisotopic (exact) mass is 382 g/mol. The average Bonchev–Trinajstić information content (AvgIpc) is 2.68. The van der Waals surface area contributed by atoms with Gasteiger partial charge in [0.25, 0.3) is 10.0 Å². The maximum atomic E-state index is 12.2. The number of benzene rings is 1. The van der Waals surface area contributed by atoms with Crippen LogP contribution in [0.1, 0.15) is 0 Å². The molecule has 0 radical (unpaired) electrons. The van der Waals surface area contributed by atoms with E-state index in [0.717, 1.165) is 4.31 Å². The summed E-state index contributed by atoms with van der Waals surface area (Å²) in [5, 5.41) is 2.46. The number of sulfonamides is 1. The number of nitrogens with one attached hydrogen (secondary N) is 1. The average molecular weight is 384 g/mol. The number of nitrogens with zero attached hydrogens (tertiary/aromatic N) is 1. The summed E-state index contributed by atoms with van der Waals surface area (Å²) in [5.74, 6) is 0. The summed E-state index contributed by atoms with van der Waals surface area (Å²) in [6.07, 6.45) is 0. The molecule has 1 N–H and O–H groups in total. The highest BCUT2D eigenvalue weighted by molar-refractivity contribution is 9.11. The van der Waals surface area contributed by atoms with Gasteiger partial charge in [-0.3, -0.25) is 0 Å². The van der Waals surface area contributed by atoms with E-state index in [9.17, 15) is 13.2 Å². The van der Waals surface area contributed by atoms with Crippen molar-refractivity contribution in [3.8, 4) is 0 Å². The first-order valence-corrected chi connectivity index (χ1v) is 7.71. The summed E-state index contributed by atoms with van der Waals surface area (Å²) in [6, 6.07) is 4.21. The first-order valence-electron chi connectivity index (χ1n) is 4.68. The number of carbonyl (C=O) groups excluding carboxylic acids is 1. The molecule has 1 aromatic carbocycles. The zero-order valence-corrected chi connectivity index (χ0v) is 12.5. The molecule has 2 amide bonds. The largest absolute Gasteiger partial charge is 0.335 e. The Hall–Kier alpha value is -0.600. The summed E-state index contributed by atoms with van der Waals surface area (Å²) in [5.41, 5.74) is 0. The van der Waals surface area contributed by atoms with Crippen molar-refractivity contribution in [1.29, 1.82) is 0 Å². The van der Waals surface area contributed by atoms with Crippen molar-refractivity contribution in [2.75, 3.05) is 13.1 Å². The maximum absolute atomic E-state index is 12.2. The van der Waals surface area contributed by atoms with Gasteiger partial charge in [-0.05, 0) is 34.1 Å². The Labute approximate surface area is 115 Å². The second-order valence-electron chi connectivity index (χ2n) is 3.38. The number of hydrogen-bond donors (Lipinski definition) is 1. The van der Waals surface area contributed by atoms with Gasteiger partial charge in [-0.25, -0.2) is 17.5 Å². The fourth-order valence-electron chi connectivity index (χ4n) is 1.48. The van der Waals surface area contributed by atoms with Gasteiger partial charge < -0.3 is 5.32 Å². The van der Waals surface area contributed by atoms with E-state index in [1.165, 1.54) is 6.07 Å². The minimum atomic E-state index is -3.80. The lowest BCUT2D eigenvalue weighted by Gasteiger charge is -2.16. The predicted molar refractivity (Wildman–Crippen MR) is 69.1 cm³/mol. The normalized spacial score (nSPS) is 16.1. The van der Waals surface area contributed by atoms with Crippen LogP contribution in [-0.4, -0.2) is 31.8 Å². The predicted octanol–water partition coefficient (Wildman–Crippen LogP) is 1.93. The van der Waals surface area contributed by atoms with Crippen LogP contribution in [0, 0.1) is 0 Å². The van der Waals surface area contributed by atoms with Crippen LogP contribution >= 0.6 is 31.9 Å². The van der Waals surface area contributed by atoms with Gasteiger partial charge in [0.15, 0.2) is 0 Å². The fraction of sp³-hybridized carbons (Fsp3) is 0.222. The molecule has 1 heterocycles. The molecule has 1 saturated heterocycles. The van der Waals surface area contributed by atoms with Gasteiger partial charge in [0.05, 0.1) is 6.54 Å². The molecule has 8 heteroatoms. The second kappa shape index (κ2) is 4.58. The molecule has 1 aliphatic heterocycles. The second-order valence-corrected chi connectivity index (χ2v) is 6.98. The molecule has 0 unspecified atom stereocenters. The van der Waals surface area contributed by atoms with Crippen LogP contribution in [0.3, 0.4) is 0 Å². The minimum Gasteiger partial charge on any atom is -0.335 e. The molecule has 0 aromatic heterocycles. The maximum Gasteiger partial charge on any atom is 0.331 e. The molecular weight excluding hydrogens is 376 g/mol. The van der Waals surface area contributed by atoms with E-state index in [2.05, 4.69) is 37.2 Å². The standard InChI is InChI=1S/C9H8Br2N2O3S/c10-6-1-2-7(11)8(5-6)17(15,16)13-4-3-12-9(13)14/h1-2,5H,3-4H2,(H,12,14). The van der Waals surface area contributed by atoms with Gasteiger partial charge in [0, 0.05) is 15.5 Å². The molecule has 0 spiro atoms. The van der Waals surface area contributed by atoms with Crippen LogP contribution in [0.4, 0.5) is 4.79 Å². The Balaban J connectivity index is 2.51. The summed E-state index contributed by atoms with van der Waals surface area (Å²) < 4.78 is 26.4. The molecule has 0 saturated carbocycles. The number of hydrogen-bond acceptors (Lipinski definition) is 3. The molecule has 0 bridgehead atoms. The van der Waals surface area contributed by atoms with Gasteiger partial charge in [-0.1, -0.05) is 15.9 Å². The lowest BCUT2D eigenvalue weighted by Crippen LogP contribution is -2.34. The van der Waals surface area contributed by atoms with Gasteiger partial charge in [0.1, 0.15) is 4.90 Å². The van der Waals surface area contributed by atoms with Crippen molar-refractivity contribution in [3.05, 3.63) is 27.1 Å². The molecule has 1 fully saturated rings. The van der Waals surface area contributed by atoms with Crippen molar-refractivity contribution in [2.24, 2.45) is 0 Å². The molecule has 1 aromatic rings. The van der Waals surface area contributed by atoms with E-state index in [0.29, 0.717) is 15.5 Å². The Morgan fingerprint density at radius 1 is 1.29 bits per heavy atom. The topological polar surface area (TPSA) is 66.5 Å². The molecule has 1 aliphatic rings. The Morgan fingerprint density at radius 2 is 2.00 bits per heavy atom. The van der Waals surface area contributed by atoms with Crippen LogP contribution in [0.2, 0.25) is 0 Å². The van der Waals surface area contributed by atoms with Crippen molar-refractivity contribution >= 4 is 47.9 Å². The fourth-order valence-corrected chi connectivity index (χ4v) is 4.29. The first kappa shape index (κ1) is 12.8. The van der Waals surface area contributed by atoms with E-state index >= 15 is 0 Å². The van der Waals surface area contributed by atoms with Gasteiger partial charge >= 0.3 is 6.03 Å². The number of carbonyl (C=O) groups is 1. The van der Waals surface area contributed by atoms with E-state index in [4.69, 9.17) is 0 Å². The zero-order chi connectivity index (χ0) is 12.6. The molecule has 0 atom stereocenters. The minimum absolute atomic E-state index is 0.0731. The Morgan fingerprint density at radius 3 is 2.59 bits per heavy atom. The summed E-state index contributed by atoms with van der Waals surface area (Å²) in [6.45, 7) is 0.490. The summed E-state index contributed by atoms with van der Waals surface area (Å²) in [7, 11) is -3.80. The highest BCUT2D eigenvalue weighted by atomic mass is 79.9. The Kier molecular flexibility index (Phi) is 3.46. The number of rotatable bonds is 2. The quantitative estimate of drug-likeness (QED) is 0.848. The SMILES string of the molecule is O=C1NCCN1S(=O)(=O)c1cc(Br)ccc1Br. The van der Waals surface area contributed by atoms with Crippen LogP contribution in [0.15, 0.2) is 32.0 Å². The van der Waals surface area contributed by atoms with Gasteiger partial charge in [-0.2, -0.15) is 0 Å². The van der Waals surface area contributed by atoms with Crippen molar-refractivity contribution in [3.63, 3.8) is 0 Å². The first-order chi connectivity index (χ1) is 7.93. The van der Waals surface area contributed by atoms with E-state index in [1.54, 1.807) is 12.1 Å². The lowest BCUT2D eigenvalue weighted by atomic mass is 10.4.